The Balaban J connectivity index is 2.38. The summed E-state index contributed by atoms with van der Waals surface area (Å²) < 4.78 is 0. The number of hydrogen-bond donors (Lipinski definition) is 2. The Morgan fingerprint density at radius 2 is 2.05 bits per heavy atom. The van der Waals surface area contributed by atoms with Gasteiger partial charge in [-0.05, 0) is 36.2 Å². The Bertz CT molecular complexity index is 698. The average molecular weight is 285 g/mol. The van der Waals surface area contributed by atoms with Crippen LogP contribution in [0.4, 0.5) is 17.1 Å². The van der Waals surface area contributed by atoms with Gasteiger partial charge >= 0.3 is 0 Å². The minimum absolute atomic E-state index is 0.106. The van der Waals surface area contributed by atoms with Gasteiger partial charge in [-0.1, -0.05) is 19.1 Å². The number of carbonyl (C=O) groups excluding carboxylic acids is 1. The van der Waals surface area contributed by atoms with Gasteiger partial charge in [0.2, 0.25) is 5.91 Å². The molecule has 0 atom stereocenters. The van der Waals surface area contributed by atoms with Crippen LogP contribution in [0.1, 0.15) is 22.8 Å². The topological polar surface area (TPSA) is 98.3 Å². The largest absolute Gasteiger partial charge is 0.366 e. The second-order valence-corrected chi connectivity index (χ2v) is 4.53. The maximum absolute atomic E-state index is 11.1. The molecule has 0 aromatic heterocycles. The van der Waals surface area contributed by atoms with Gasteiger partial charge in [-0.15, -0.1) is 0 Å². The molecule has 0 heterocycles. The summed E-state index contributed by atoms with van der Waals surface area (Å²) in [4.78, 5) is 21.7. The van der Waals surface area contributed by atoms with E-state index in [2.05, 4.69) is 5.32 Å². The molecule has 0 aliphatic heterocycles. The predicted octanol–water partition coefficient (Wildman–Crippen LogP) is 3.00. The first-order valence-electron chi connectivity index (χ1n) is 6.45. The Morgan fingerprint density at radius 3 is 2.67 bits per heavy atom. The summed E-state index contributed by atoms with van der Waals surface area (Å²) in [7, 11) is 0. The Labute approximate surface area is 121 Å². The van der Waals surface area contributed by atoms with Crippen LogP contribution in [0, 0.1) is 10.1 Å². The van der Waals surface area contributed by atoms with Gasteiger partial charge in [0.1, 0.15) is 5.69 Å². The minimum atomic E-state index is -0.697. The van der Waals surface area contributed by atoms with E-state index in [0.717, 1.165) is 17.7 Å². The highest BCUT2D eigenvalue weighted by atomic mass is 16.6. The normalized spacial score (nSPS) is 10.1. The lowest BCUT2D eigenvalue weighted by atomic mass is 10.1. The zero-order valence-electron chi connectivity index (χ0n) is 11.5. The van der Waals surface area contributed by atoms with Gasteiger partial charge in [0.25, 0.3) is 5.69 Å². The van der Waals surface area contributed by atoms with Crippen LogP contribution in [0.25, 0.3) is 0 Å². The lowest BCUT2D eigenvalue weighted by Gasteiger charge is -2.09. The number of aryl methyl sites for hydroxylation is 1. The summed E-state index contributed by atoms with van der Waals surface area (Å²) in [5.74, 6) is -0.697. The molecule has 0 spiro atoms. The maximum atomic E-state index is 11.1. The fourth-order valence-corrected chi connectivity index (χ4v) is 1.97. The number of nitro groups is 1. The standard InChI is InChI=1S/C15H15N3O3/c1-2-10-4-3-5-12(8-10)17-13-7-6-11(15(16)19)9-14(13)18(20)21/h3-9,17H,2H2,1H3,(H2,16,19). The van der Waals surface area contributed by atoms with E-state index in [-0.39, 0.29) is 11.3 Å². The van der Waals surface area contributed by atoms with Crippen molar-refractivity contribution in [3.8, 4) is 0 Å². The second-order valence-electron chi connectivity index (χ2n) is 4.53. The van der Waals surface area contributed by atoms with Gasteiger partial charge in [-0.2, -0.15) is 0 Å². The van der Waals surface area contributed by atoms with E-state index in [0.29, 0.717) is 5.69 Å². The van der Waals surface area contributed by atoms with E-state index in [1.165, 1.54) is 18.2 Å². The lowest BCUT2D eigenvalue weighted by Crippen LogP contribution is -2.11. The van der Waals surface area contributed by atoms with E-state index in [1.54, 1.807) is 0 Å². The minimum Gasteiger partial charge on any atom is -0.366 e. The maximum Gasteiger partial charge on any atom is 0.293 e. The molecular weight excluding hydrogens is 270 g/mol. The van der Waals surface area contributed by atoms with E-state index in [1.807, 2.05) is 31.2 Å². The average Bonchev–Trinajstić information content (AvgIpc) is 2.47. The van der Waals surface area contributed by atoms with Crippen molar-refractivity contribution in [1.29, 1.82) is 0 Å². The van der Waals surface area contributed by atoms with Crippen molar-refractivity contribution in [3.63, 3.8) is 0 Å². The number of nitrogens with one attached hydrogen (secondary N) is 1. The fourth-order valence-electron chi connectivity index (χ4n) is 1.97. The van der Waals surface area contributed by atoms with E-state index >= 15 is 0 Å². The van der Waals surface area contributed by atoms with Gasteiger partial charge < -0.3 is 11.1 Å². The van der Waals surface area contributed by atoms with Gasteiger partial charge in [0, 0.05) is 17.3 Å². The van der Waals surface area contributed by atoms with Crippen LogP contribution in [0.2, 0.25) is 0 Å². The third-order valence-electron chi connectivity index (χ3n) is 3.09. The van der Waals surface area contributed by atoms with Crippen molar-refractivity contribution in [2.45, 2.75) is 13.3 Å². The molecule has 1 amide bonds. The van der Waals surface area contributed by atoms with Crippen LogP contribution in [-0.4, -0.2) is 10.8 Å². The van der Waals surface area contributed by atoms with E-state index in [9.17, 15) is 14.9 Å². The number of benzene rings is 2. The summed E-state index contributed by atoms with van der Waals surface area (Å²) in [5.41, 5.74) is 7.25. The number of nitrogens with two attached hydrogens (primary N) is 1. The Morgan fingerprint density at radius 1 is 1.29 bits per heavy atom. The first-order valence-corrected chi connectivity index (χ1v) is 6.45. The Hall–Kier alpha value is -2.89. The molecule has 0 aliphatic carbocycles. The number of hydrogen-bond acceptors (Lipinski definition) is 4. The molecule has 6 nitrogen and oxygen atoms in total. The number of anilines is 2. The van der Waals surface area contributed by atoms with Crippen molar-refractivity contribution >= 4 is 23.0 Å². The Kier molecular flexibility index (Phi) is 4.18. The summed E-state index contributed by atoms with van der Waals surface area (Å²) in [6, 6.07) is 11.7. The molecular formula is C15H15N3O3. The van der Waals surface area contributed by atoms with Crippen LogP contribution in [0.15, 0.2) is 42.5 Å². The smallest absolute Gasteiger partial charge is 0.293 e. The molecule has 6 heteroatoms. The molecule has 2 rings (SSSR count). The number of amides is 1. The molecule has 21 heavy (non-hydrogen) atoms. The summed E-state index contributed by atoms with van der Waals surface area (Å²) in [6.07, 6.45) is 0.873. The zero-order valence-corrected chi connectivity index (χ0v) is 11.5. The van der Waals surface area contributed by atoms with E-state index < -0.39 is 10.8 Å². The number of rotatable bonds is 5. The molecule has 2 aromatic rings. The first kappa shape index (κ1) is 14.5. The first-order chi connectivity index (χ1) is 10.0. The van der Waals surface area contributed by atoms with Gasteiger partial charge in [-0.3, -0.25) is 14.9 Å². The number of nitro benzene ring substituents is 1. The monoisotopic (exact) mass is 285 g/mol. The highest BCUT2D eigenvalue weighted by Gasteiger charge is 2.16. The van der Waals surface area contributed by atoms with Crippen molar-refractivity contribution in [3.05, 3.63) is 63.7 Å². The molecule has 0 aliphatic rings. The van der Waals surface area contributed by atoms with E-state index in [4.69, 9.17) is 5.73 Å². The van der Waals surface area contributed by atoms with Crippen LogP contribution in [0.3, 0.4) is 0 Å². The van der Waals surface area contributed by atoms with Gasteiger partial charge in [-0.25, -0.2) is 0 Å². The fraction of sp³-hybridized carbons (Fsp3) is 0.133. The van der Waals surface area contributed by atoms with Crippen molar-refractivity contribution in [2.75, 3.05) is 5.32 Å². The highest BCUT2D eigenvalue weighted by molar-refractivity contribution is 5.94. The zero-order chi connectivity index (χ0) is 15.4. The number of primary amides is 1. The predicted molar refractivity (Wildman–Crippen MR) is 80.7 cm³/mol. The van der Waals surface area contributed by atoms with Crippen LogP contribution in [-0.2, 0) is 6.42 Å². The van der Waals surface area contributed by atoms with Crippen LogP contribution in [0.5, 0.6) is 0 Å². The van der Waals surface area contributed by atoms with Gasteiger partial charge in [0.05, 0.1) is 4.92 Å². The molecule has 0 bridgehead atoms. The summed E-state index contributed by atoms with van der Waals surface area (Å²) in [5, 5.41) is 14.1. The molecule has 0 saturated carbocycles. The summed E-state index contributed by atoms with van der Waals surface area (Å²) in [6.45, 7) is 2.03. The van der Waals surface area contributed by atoms with Crippen LogP contribution < -0.4 is 11.1 Å². The molecule has 108 valence electrons. The second kappa shape index (κ2) is 6.04. The number of nitrogens with zero attached hydrogens (tertiary/aromatic N) is 1. The van der Waals surface area contributed by atoms with Gasteiger partial charge in [0.15, 0.2) is 0 Å². The molecule has 0 fully saturated rings. The molecule has 0 radical (unpaired) electrons. The molecule has 3 N–H and O–H groups in total. The quantitative estimate of drug-likeness (QED) is 0.651. The lowest BCUT2D eigenvalue weighted by molar-refractivity contribution is -0.383. The van der Waals surface area contributed by atoms with Crippen LogP contribution >= 0.6 is 0 Å². The SMILES string of the molecule is CCc1cccc(Nc2ccc(C(N)=O)cc2[N+](=O)[O-])c1. The third kappa shape index (κ3) is 3.36. The molecule has 2 aromatic carbocycles. The van der Waals surface area contributed by atoms with Crippen molar-refractivity contribution in [2.24, 2.45) is 5.73 Å². The summed E-state index contributed by atoms with van der Waals surface area (Å²) >= 11 is 0. The third-order valence-corrected chi connectivity index (χ3v) is 3.09. The number of carbonyl (C=O) groups is 1. The molecule has 0 unspecified atom stereocenters. The van der Waals surface area contributed by atoms with Crippen molar-refractivity contribution in [1.82, 2.24) is 0 Å². The molecule has 0 saturated heterocycles. The van der Waals surface area contributed by atoms with Crippen molar-refractivity contribution < 1.29 is 9.72 Å². The highest BCUT2D eigenvalue weighted by Crippen LogP contribution is 2.29.